The van der Waals surface area contributed by atoms with Crippen LogP contribution in [0.4, 0.5) is 0 Å². The van der Waals surface area contributed by atoms with Gasteiger partial charge in [0.25, 0.3) is 5.56 Å². The molecule has 0 amide bonds. The fourth-order valence-electron chi connectivity index (χ4n) is 3.82. The van der Waals surface area contributed by atoms with Crippen LogP contribution in [-0.2, 0) is 26.0 Å². The highest BCUT2D eigenvalue weighted by Crippen LogP contribution is 2.41. The third-order valence-electron chi connectivity index (χ3n) is 5.38. The Kier molecular flexibility index (Phi) is 5.38. The zero-order valence-electron chi connectivity index (χ0n) is 16.0. The molecule has 1 aliphatic rings. The number of carbonyl (C=O) groups excluding carboxylic acids is 1. The Morgan fingerprint density at radius 2 is 1.83 bits per heavy atom. The molecular formula is C21H19ClN2O5S. The summed E-state index contributed by atoms with van der Waals surface area (Å²) in [5.41, 5.74) is 0.215. The van der Waals surface area contributed by atoms with Crippen molar-refractivity contribution in [1.29, 1.82) is 0 Å². The van der Waals surface area contributed by atoms with Gasteiger partial charge in [-0.25, -0.2) is 13.4 Å². The summed E-state index contributed by atoms with van der Waals surface area (Å²) < 4.78 is 31.6. The van der Waals surface area contributed by atoms with Crippen LogP contribution in [0.1, 0.15) is 31.4 Å². The SMILES string of the molecule is O=C(OCc1cc(=O)n2cc(Cl)ccc2n1)C1(S(=O)(=O)c2ccccc2)CCCC1. The molecule has 4 rings (SSSR count). The van der Waals surface area contributed by atoms with Crippen molar-refractivity contribution in [2.24, 2.45) is 0 Å². The van der Waals surface area contributed by atoms with Crippen LogP contribution >= 0.6 is 11.6 Å². The van der Waals surface area contributed by atoms with E-state index in [1.165, 1.54) is 28.8 Å². The summed E-state index contributed by atoms with van der Waals surface area (Å²) in [4.78, 5) is 29.7. The van der Waals surface area contributed by atoms with Crippen molar-refractivity contribution in [3.05, 3.63) is 75.8 Å². The quantitative estimate of drug-likeness (QED) is 0.558. The Hall–Kier alpha value is -2.71. The summed E-state index contributed by atoms with van der Waals surface area (Å²) in [7, 11) is -3.93. The number of carbonyl (C=O) groups is 1. The molecule has 1 aliphatic carbocycles. The Morgan fingerprint density at radius 3 is 2.53 bits per heavy atom. The molecule has 7 nitrogen and oxygen atoms in total. The molecule has 1 aromatic carbocycles. The predicted octanol–water partition coefficient (Wildman–Crippen LogP) is 3.18. The van der Waals surface area contributed by atoms with E-state index in [2.05, 4.69) is 4.98 Å². The molecule has 9 heteroatoms. The first-order valence-electron chi connectivity index (χ1n) is 9.48. The normalized spacial score (nSPS) is 15.9. The third kappa shape index (κ3) is 3.50. The molecule has 30 heavy (non-hydrogen) atoms. The van der Waals surface area contributed by atoms with Gasteiger partial charge in [-0.05, 0) is 37.1 Å². The lowest BCUT2D eigenvalue weighted by atomic mass is 10.1. The van der Waals surface area contributed by atoms with Crippen LogP contribution in [0.25, 0.3) is 5.65 Å². The van der Waals surface area contributed by atoms with Crippen molar-refractivity contribution in [3.8, 4) is 0 Å². The number of aromatic nitrogens is 2. The summed E-state index contributed by atoms with van der Waals surface area (Å²) in [5, 5.41) is 0.389. The monoisotopic (exact) mass is 446 g/mol. The van der Waals surface area contributed by atoms with E-state index in [9.17, 15) is 18.0 Å². The number of rotatable bonds is 5. The number of benzene rings is 1. The highest BCUT2D eigenvalue weighted by Gasteiger charge is 2.54. The van der Waals surface area contributed by atoms with Gasteiger partial charge in [0.1, 0.15) is 12.3 Å². The molecule has 2 heterocycles. The lowest BCUT2D eigenvalue weighted by Gasteiger charge is -2.26. The molecule has 1 fully saturated rings. The minimum absolute atomic E-state index is 0.0998. The van der Waals surface area contributed by atoms with E-state index in [0.29, 0.717) is 23.5 Å². The Balaban J connectivity index is 1.61. The van der Waals surface area contributed by atoms with Crippen molar-refractivity contribution in [1.82, 2.24) is 9.38 Å². The topological polar surface area (TPSA) is 94.8 Å². The van der Waals surface area contributed by atoms with Gasteiger partial charge in [0, 0.05) is 12.3 Å². The molecule has 0 N–H and O–H groups in total. The first-order valence-corrected chi connectivity index (χ1v) is 11.3. The number of halogens is 1. The number of ether oxygens (including phenoxy) is 1. The molecule has 0 radical (unpaired) electrons. The van der Waals surface area contributed by atoms with Crippen LogP contribution in [0.5, 0.6) is 0 Å². The van der Waals surface area contributed by atoms with Crippen molar-refractivity contribution in [2.45, 2.75) is 41.9 Å². The second-order valence-corrected chi connectivity index (χ2v) is 9.95. The van der Waals surface area contributed by atoms with Crippen LogP contribution in [0.2, 0.25) is 5.02 Å². The molecule has 0 unspecified atom stereocenters. The minimum Gasteiger partial charge on any atom is -0.458 e. The highest BCUT2D eigenvalue weighted by molar-refractivity contribution is 7.93. The van der Waals surface area contributed by atoms with Crippen molar-refractivity contribution in [2.75, 3.05) is 0 Å². The van der Waals surface area contributed by atoms with E-state index >= 15 is 0 Å². The number of hydrogen-bond donors (Lipinski definition) is 0. The maximum atomic E-state index is 13.3. The van der Waals surface area contributed by atoms with Gasteiger partial charge in [0.05, 0.1) is 15.6 Å². The number of esters is 1. The third-order valence-corrected chi connectivity index (χ3v) is 8.10. The van der Waals surface area contributed by atoms with E-state index in [1.54, 1.807) is 30.3 Å². The summed E-state index contributed by atoms with van der Waals surface area (Å²) in [6.45, 7) is -0.292. The predicted molar refractivity (Wildman–Crippen MR) is 111 cm³/mol. The first-order chi connectivity index (χ1) is 14.3. The molecular weight excluding hydrogens is 428 g/mol. The molecule has 2 aromatic heterocycles. The summed E-state index contributed by atoms with van der Waals surface area (Å²) in [6.07, 6.45) is 3.10. The summed E-state index contributed by atoms with van der Waals surface area (Å²) in [6, 6.07) is 12.4. The fraction of sp³-hybridized carbons (Fsp3) is 0.286. The minimum atomic E-state index is -3.93. The molecule has 0 bridgehead atoms. The van der Waals surface area contributed by atoms with Crippen LogP contribution in [-0.4, -0.2) is 28.5 Å². The fourth-order valence-corrected chi connectivity index (χ4v) is 6.06. The maximum Gasteiger partial charge on any atom is 0.328 e. The van der Waals surface area contributed by atoms with Gasteiger partial charge in [0.15, 0.2) is 14.6 Å². The van der Waals surface area contributed by atoms with Gasteiger partial charge in [0.2, 0.25) is 0 Å². The zero-order chi connectivity index (χ0) is 21.4. The Bertz CT molecular complexity index is 1270. The van der Waals surface area contributed by atoms with Crippen molar-refractivity contribution >= 4 is 33.1 Å². The number of fused-ring (bicyclic) bond motifs is 1. The van der Waals surface area contributed by atoms with E-state index in [1.807, 2.05) is 0 Å². The van der Waals surface area contributed by atoms with Crippen molar-refractivity contribution in [3.63, 3.8) is 0 Å². The zero-order valence-corrected chi connectivity index (χ0v) is 17.5. The first kappa shape index (κ1) is 20.6. The Labute approximate surface area is 178 Å². The molecule has 3 aromatic rings. The van der Waals surface area contributed by atoms with Gasteiger partial charge in [-0.2, -0.15) is 0 Å². The molecule has 1 saturated carbocycles. The molecule has 0 spiro atoms. The molecule has 156 valence electrons. The standard InChI is InChI=1S/C21H19ClN2O5S/c22-15-8-9-18-23-16(12-19(25)24(18)13-15)14-29-20(26)21(10-4-5-11-21)30(27,28)17-6-2-1-3-7-17/h1-3,6-9,12-13H,4-5,10-11,14H2. The average molecular weight is 447 g/mol. The van der Waals surface area contributed by atoms with Crippen LogP contribution in [0, 0.1) is 0 Å². The van der Waals surface area contributed by atoms with Crippen LogP contribution < -0.4 is 5.56 Å². The summed E-state index contributed by atoms with van der Waals surface area (Å²) in [5.74, 6) is -0.804. The van der Waals surface area contributed by atoms with Gasteiger partial charge in [-0.3, -0.25) is 14.0 Å². The van der Waals surface area contributed by atoms with Crippen LogP contribution in [0.3, 0.4) is 0 Å². The van der Waals surface area contributed by atoms with Crippen LogP contribution in [0.15, 0.2) is 64.4 Å². The van der Waals surface area contributed by atoms with E-state index in [-0.39, 0.29) is 35.6 Å². The molecule has 0 aliphatic heterocycles. The smallest absolute Gasteiger partial charge is 0.328 e. The number of nitrogens with zero attached hydrogens (tertiary/aromatic N) is 2. The van der Waals surface area contributed by atoms with E-state index in [4.69, 9.17) is 16.3 Å². The lowest BCUT2D eigenvalue weighted by molar-refractivity contribution is -0.148. The number of pyridine rings is 1. The largest absolute Gasteiger partial charge is 0.458 e. The highest BCUT2D eigenvalue weighted by atomic mass is 35.5. The van der Waals surface area contributed by atoms with Gasteiger partial charge < -0.3 is 4.74 Å². The second kappa shape index (κ2) is 7.85. The maximum absolute atomic E-state index is 13.3. The molecule has 0 saturated heterocycles. The number of sulfone groups is 1. The van der Waals surface area contributed by atoms with Gasteiger partial charge >= 0.3 is 5.97 Å². The second-order valence-electron chi connectivity index (χ2n) is 7.26. The number of hydrogen-bond acceptors (Lipinski definition) is 6. The molecule has 0 atom stereocenters. The lowest BCUT2D eigenvalue weighted by Crippen LogP contribution is -2.45. The van der Waals surface area contributed by atoms with Gasteiger partial charge in [-0.15, -0.1) is 0 Å². The average Bonchev–Trinajstić information content (AvgIpc) is 3.25. The van der Waals surface area contributed by atoms with Crippen molar-refractivity contribution < 1.29 is 17.9 Å². The van der Waals surface area contributed by atoms with E-state index < -0.39 is 20.6 Å². The van der Waals surface area contributed by atoms with E-state index in [0.717, 1.165) is 0 Å². The Morgan fingerprint density at radius 1 is 1.13 bits per heavy atom. The van der Waals surface area contributed by atoms with Gasteiger partial charge in [-0.1, -0.05) is 42.6 Å². The summed E-state index contributed by atoms with van der Waals surface area (Å²) >= 11 is 5.90.